The number of Topliss-reactive ketones (excluding diaryl/α,β-unsaturated/α-hetero) is 1. The molecule has 0 unspecified atom stereocenters. The summed E-state index contributed by atoms with van der Waals surface area (Å²) in [6.45, 7) is 8.91. The van der Waals surface area contributed by atoms with Gasteiger partial charge < -0.3 is 4.57 Å². The molecular weight excluding hydrogens is 270 g/mol. The number of benzene rings is 1. The Bertz CT molecular complexity index is 623. The molecule has 1 aromatic carbocycles. The Hall–Kier alpha value is -1.54. The van der Waals surface area contributed by atoms with Crippen molar-refractivity contribution in [2.45, 2.75) is 34.2 Å². The standard InChI is InChI=1S/C17H20ClNO/c1-11(2)9-19-10-16(17(12(19)3)13(4)20)14-5-7-15(18)8-6-14/h5-8,10-11H,9H2,1-4H3. The summed E-state index contributed by atoms with van der Waals surface area (Å²) in [7, 11) is 0. The summed E-state index contributed by atoms with van der Waals surface area (Å²) in [5.41, 5.74) is 3.88. The number of nitrogens with zero attached hydrogens (tertiary/aromatic N) is 1. The highest BCUT2D eigenvalue weighted by Gasteiger charge is 2.17. The van der Waals surface area contributed by atoms with E-state index in [1.54, 1.807) is 6.92 Å². The normalized spacial score (nSPS) is 11.1. The van der Waals surface area contributed by atoms with E-state index in [9.17, 15) is 4.79 Å². The number of rotatable bonds is 4. The van der Waals surface area contributed by atoms with Crippen molar-refractivity contribution >= 4 is 17.4 Å². The number of carbonyl (C=O) groups excluding carboxylic acids is 1. The summed E-state index contributed by atoms with van der Waals surface area (Å²) < 4.78 is 2.17. The summed E-state index contributed by atoms with van der Waals surface area (Å²) >= 11 is 5.93. The van der Waals surface area contributed by atoms with Crippen LogP contribution >= 0.6 is 11.6 Å². The fraction of sp³-hybridized carbons (Fsp3) is 0.353. The third kappa shape index (κ3) is 2.96. The maximum atomic E-state index is 12.0. The van der Waals surface area contributed by atoms with Crippen LogP contribution in [0.1, 0.15) is 36.8 Å². The number of ketones is 1. The summed E-state index contributed by atoms with van der Waals surface area (Å²) in [5, 5.41) is 0.705. The first-order chi connectivity index (χ1) is 9.40. The molecule has 0 saturated heterocycles. The molecule has 2 rings (SSSR count). The average Bonchev–Trinajstić information content (AvgIpc) is 2.67. The van der Waals surface area contributed by atoms with E-state index >= 15 is 0 Å². The van der Waals surface area contributed by atoms with Crippen molar-refractivity contribution in [2.24, 2.45) is 5.92 Å². The Kier molecular flexibility index (Phi) is 4.34. The second-order valence-corrected chi connectivity index (χ2v) is 6.05. The summed E-state index contributed by atoms with van der Waals surface area (Å²) in [6.07, 6.45) is 2.08. The van der Waals surface area contributed by atoms with Gasteiger partial charge in [-0.1, -0.05) is 37.6 Å². The highest BCUT2D eigenvalue weighted by atomic mass is 35.5. The van der Waals surface area contributed by atoms with Gasteiger partial charge in [-0.25, -0.2) is 0 Å². The number of halogens is 1. The molecule has 1 heterocycles. The Morgan fingerprint density at radius 2 is 1.85 bits per heavy atom. The van der Waals surface area contributed by atoms with Gasteiger partial charge in [-0.05, 0) is 37.5 Å². The van der Waals surface area contributed by atoms with E-state index < -0.39 is 0 Å². The molecule has 0 fully saturated rings. The Labute approximate surface area is 125 Å². The molecule has 2 aromatic rings. The first-order valence-electron chi connectivity index (χ1n) is 6.86. The molecule has 0 bridgehead atoms. The second-order valence-electron chi connectivity index (χ2n) is 5.61. The molecule has 0 aliphatic carbocycles. The largest absolute Gasteiger partial charge is 0.350 e. The van der Waals surface area contributed by atoms with Crippen LogP contribution in [0.4, 0.5) is 0 Å². The minimum absolute atomic E-state index is 0.106. The highest BCUT2D eigenvalue weighted by Crippen LogP contribution is 2.30. The van der Waals surface area contributed by atoms with Gasteiger partial charge in [-0.15, -0.1) is 0 Å². The van der Waals surface area contributed by atoms with Crippen molar-refractivity contribution in [1.82, 2.24) is 4.57 Å². The third-order valence-corrected chi connectivity index (χ3v) is 3.67. The predicted octanol–water partition coefficient (Wildman–Crippen LogP) is 4.98. The van der Waals surface area contributed by atoms with E-state index in [2.05, 4.69) is 24.6 Å². The topological polar surface area (TPSA) is 22.0 Å². The van der Waals surface area contributed by atoms with Gasteiger partial charge in [0.25, 0.3) is 0 Å². The molecule has 0 N–H and O–H groups in total. The lowest BCUT2D eigenvalue weighted by Gasteiger charge is -2.09. The first-order valence-corrected chi connectivity index (χ1v) is 7.24. The summed E-state index contributed by atoms with van der Waals surface area (Å²) in [4.78, 5) is 12.0. The fourth-order valence-electron chi connectivity index (χ4n) is 2.53. The van der Waals surface area contributed by atoms with E-state index in [-0.39, 0.29) is 5.78 Å². The van der Waals surface area contributed by atoms with Gasteiger partial charge in [-0.2, -0.15) is 0 Å². The highest BCUT2D eigenvalue weighted by molar-refractivity contribution is 6.30. The lowest BCUT2D eigenvalue weighted by molar-refractivity contribution is 0.101. The van der Waals surface area contributed by atoms with Gasteiger partial charge >= 0.3 is 0 Å². The molecule has 0 aliphatic rings. The molecule has 0 aliphatic heterocycles. The Balaban J connectivity index is 2.56. The molecule has 0 spiro atoms. The first kappa shape index (κ1) is 14.9. The zero-order valence-electron chi connectivity index (χ0n) is 12.4. The molecule has 0 atom stereocenters. The molecule has 1 aromatic heterocycles. The van der Waals surface area contributed by atoms with Gasteiger partial charge in [0.15, 0.2) is 5.78 Å². The van der Waals surface area contributed by atoms with Crippen LogP contribution in [0.2, 0.25) is 5.02 Å². The summed E-state index contributed by atoms with van der Waals surface area (Å²) in [6, 6.07) is 7.64. The van der Waals surface area contributed by atoms with Crippen LogP contribution in [0, 0.1) is 12.8 Å². The van der Waals surface area contributed by atoms with Gasteiger partial charge in [0, 0.05) is 34.6 Å². The van der Waals surface area contributed by atoms with Crippen LogP contribution < -0.4 is 0 Å². The summed E-state index contributed by atoms with van der Waals surface area (Å²) in [5.74, 6) is 0.647. The zero-order valence-corrected chi connectivity index (χ0v) is 13.2. The average molecular weight is 290 g/mol. The molecule has 106 valence electrons. The molecule has 0 amide bonds. The van der Waals surface area contributed by atoms with Crippen LogP contribution in [0.5, 0.6) is 0 Å². The van der Waals surface area contributed by atoms with Gasteiger partial charge in [0.05, 0.1) is 0 Å². The number of hydrogen-bond acceptors (Lipinski definition) is 1. The molecule has 2 nitrogen and oxygen atoms in total. The van der Waals surface area contributed by atoms with Crippen LogP contribution in [-0.2, 0) is 6.54 Å². The molecular formula is C17H20ClNO. The van der Waals surface area contributed by atoms with Crippen molar-refractivity contribution in [2.75, 3.05) is 0 Å². The second kappa shape index (κ2) is 5.84. The quantitative estimate of drug-likeness (QED) is 0.728. The lowest BCUT2D eigenvalue weighted by atomic mass is 10.0. The van der Waals surface area contributed by atoms with E-state index in [4.69, 9.17) is 11.6 Å². The van der Waals surface area contributed by atoms with Crippen molar-refractivity contribution in [1.29, 1.82) is 0 Å². The zero-order chi connectivity index (χ0) is 14.9. The minimum Gasteiger partial charge on any atom is -0.350 e. The number of hydrogen-bond donors (Lipinski definition) is 0. The van der Waals surface area contributed by atoms with Crippen molar-refractivity contribution in [3.05, 3.63) is 46.7 Å². The van der Waals surface area contributed by atoms with Gasteiger partial charge in [0.2, 0.25) is 0 Å². The SMILES string of the molecule is CC(=O)c1c(-c2ccc(Cl)cc2)cn(CC(C)C)c1C. The smallest absolute Gasteiger partial charge is 0.162 e. The van der Waals surface area contributed by atoms with Crippen LogP contribution in [0.15, 0.2) is 30.5 Å². The maximum Gasteiger partial charge on any atom is 0.162 e. The fourth-order valence-corrected chi connectivity index (χ4v) is 2.66. The molecule has 0 radical (unpaired) electrons. The molecule has 0 saturated carbocycles. The van der Waals surface area contributed by atoms with Gasteiger partial charge in [-0.3, -0.25) is 4.79 Å². The monoisotopic (exact) mass is 289 g/mol. The van der Waals surface area contributed by atoms with Crippen LogP contribution in [-0.4, -0.2) is 10.4 Å². The number of aromatic nitrogens is 1. The predicted molar refractivity (Wildman–Crippen MR) is 84.5 cm³/mol. The van der Waals surface area contributed by atoms with E-state index in [1.807, 2.05) is 31.2 Å². The maximum absolute atomic E-state index is 12.0. The van der Waals surface area contributed by atoms with E-state index in [0.29, 0.717) is 10.9 Å². The Morgan fingerprint density at radius 3 is 2.35 bits per heavy atom. The third-order valence-electron chi connectivity index (χ3n) is 3.42. The Morgan fingerprint density at radius 1 is 1.25 bits per heavy atom. The van der Waals surface area contributed by atoms with Crippen LogP contribution in [0.25, 0.3) is 11.1 Å². The van der Waals surface area contributed by atoms with Crippen molar-refractivity contribution < 1.29 is 4.79 Å². The number of carbonyl (C=O) groups is 1. The molecule has 3 heteroatoms. The van der Waals surface area contributed by atoms with E-state index in [0.717, 1.165) is 28.9 Å². The van der Waals surface area contributed by atoms with Gasteiger partial charge in [0.1, 0.15) is 0 Å². The minimum atomic E-state index is 0.106. The molecule has 20 heavy (non-hydrogen) atoms. The van der Waals surface area contributed by atoms with Crippen molar-refractivity contribution in [3.8, 4) is 11.1 Å². The van der Waals surface area contributed by atoms with E-state index in [1.165, 1.54) is 0 Å². The van der Waals surface area contributed by atoms with Crippen LogP contribution in [0.3, 0.4) is 0 Å². The lowest BCUT2D eigenvalue weighted by Crippen LogP contribution is -2.06. The van der Waals surface area contributed by atoms with Crippen molar-refractivity contribution in [3.63, 3.8) is 0 Å².